The van der Waals surface area contributed by atoms with Gasteiger partial charge in [-0.3, -0.25) is 14.4 Å². The summed E-state index contributed by atoms with van der Waals surface area (Å²) >= 11 is 0. The van der Waals surface area contributed by atoms with Crippen LogP contribution in [-0.4, -0.2) is 103 Å². The molecule has 20 nitrogen and oxygen atoms in total. The second kappa shape index (κ2) is 15.8. The van der Waals surface area contributed by atoms with Crippen LogP contribution in [-0.2, 0) is 31.9 Å². The predicted molar refractivity (Wildman–Crippen MR) is 160 cm³/mol. The monoisotopic (exact) mass is 680 g/mol. The molecule has 0 saturated heterocycles. The van der Waals surface area contributed by atoms with Crippen LogP contribution in [0, 0.1) is 5.95 Å². The van der Waals surface area contributed by atoms with E-state index in [0.29, 0.717) is 56.4 Å². The molecule has 0 aromatic carbocycles. The highest BCUT2D eigenvalue weighted by Gasteiger charge is 2.37. The van der Waals surface area contributed by atoms with Crippen LogP contribution in [0.4, 0.5) is 10.2 Å². The maximum atomic E-state index is 13.2. The molecule has 1 aliphatic heterocycles. The Kier molecular flexibility index (Phi) is 11.4. The zero-order chi connectivity index (χ0) is 33.2. The summed E-state index contributed by atoms with van der Waals surface area (Å²) in [7, 11) is -3.79. The van der Waals surface area contributed by atoms with Gasteiger partial charge in [-0.2, -0.15) is 14.4 Å². The van der Waals surface area contributed by atoms with Crippen molar-refractivity contribution >= 4 is 30.6 Å². The lowest BCUT2D eigenvalue weighted by Gasteiger charge is -2.24. The normalized spacial score (nSPS) is 15.8. The van der Waals surface area contributed by atoms with Gasteiger partial charge in [-0.15, -0.1) is 5.10 Å². The number of fused-ring (bicyclic) bond motifs is 2. The summed E-state index contributed by atoms with van der Waals surface area (Å²) in [6.45, 7) is 4.85. The number of unbranched alkanes of at least 4 members (excludes halogenated alkanes) is 1. The molecule has 1 amide bonds. The van der Waals surface area contributed by atoms with E-state index < -0.39 is 25.2 Å². The standard InChI is InChI=1S/C25H34FN12O8P/c1-2-3-6-45-24-32-20(27)18-21(33-24)38(25(40)31-18)15-16-14-37(36-34-16)5-8-43-10-12-44-11-9-42-7-4-29-47(41)35-22(39)19-23(46-47)28-13-17(26)30-19/h13-14H,2-12,15H2,1H3,(H,31,40)(H2,27,32,33)(H2,29,35,39,41). The number of amides is 1. The zero-order valence-corrected chi connectivity index (χ0v) is 26.3. The first-order valence-corrected chi connectivity index (χ1v) is 16.3. The van der Waals surface area contributed by atoms with Gasteiger partial charge in [-0.05, 0) is 6.42 Å². The third kappa shape index (κ3) is 9.04. The van der Waals surface area contributed by atoms with Gasteiger partial charge < -0.3 is 34.2 Å². The van der Waals surface area contributed by atoms with Crippen molar-refractivity contribution in [3.05, 3.63) is 40.2 Å². The van der Waals surface area contributed by atoms with Gasteiger partial charge in [0.15, 0.2) is 17.2 Å². The maximum Gasteiger partial charge on any atom is 0.421 e. The number of nitrogen functional groups attached to an aromatic ring is 1. The molecule has 47 heavy (non-hydrogen) atoms. The van der Waals surface area contributed by atoms with Crippen LogP contribution in [0.25, 0.3) is 11.2 Å². The summed E-state index contributed by atoms with van der Waals surface area (Å²) in [6, 6.07) is 0.104. The van der Waals surface area contributed by atoms with E-state index in [1.54, 1.807) is 10.9 Å². The molecule has 1 unspecified atom stereocenters. The first kappa shape index (κ1) is 33.8. The van der Waals surface area contributed by atoms with Crippen LogP contribution < -0.4 is 30.9 Å². The number of nitrogens with two attached hydrogens (primary N) is 1. The van der Waals surface area contributed by atoms with E-state index in [-0.39, 0.29) is 49.7 Å². The highest BCUT2D eigenvalue weighted by molar-refractivity contribution is 7.56. The number of carbonyl (C=O) groups is 1. The summed E-state index contributed by atoms with van der Waals surface area (Å²) in [6.07, 6.45) is 4.25. The summed E-state index contributed by atoms with van der Waals surface area (Å²) in [4.78, 5) is 42.7. The summed E-state index contributed by atoms with van der Waals surface area (Å²) in [5.41, 5.74) is 6.40. The van der Waals surface area contributed by atoms with Crippen LogP contribution in [0.2, 0.25) is 0 Å². The maximum absolute atomic E-state index is 13.2. The smallest absolute Gasteiger partial charge is 0.421 e. The molecule has 0 fully saturated rings. The highest BCUT2D eigenvalue weighted by Crippen LogP contribution is 2.42. The van der Waals surface area contributed by atoms with E-state index in [1.807, 2.05) is 6.92 Å². The molecule has 22 heteroatoms. The second-order valence-corrected chi connectivity index (χ2v) is 11.8. The molecule has 5 N–H and O–H groups in total. The lowest BCUT2D eigenvalue weighted by atomic mass is 10.4. The number of aromatic amines is 1. The molecular weight excluding hydrogens is 646 g/mol. The molecule has 254 valence electrons. The first-order chi connectivity index (χ1) is 22.7. The average Bonchev–Trinajstić information content (AvgIpc) is 3.62. The fourth-order valence-corrected chi connectivity index (χ4v) is 5.50. The van der Waals surface area contributed by atoms with Crippen molar-refractivity contribution in [2.24, 2.45) is 0 Å². The molecule has 0 saturated carbocycles. The number of hydrogen-bond donors (Lipinski definition) is 4. The molecule has 1 aliphatic rings. The van der Waals surface area contributed by atoms with E-state index in [1.165, 1.54) is 4.57 Å². The van der Waals surface area contributed by atoms with E-state index in [2.05, 4.69) is 45.4 Å². The number of nitrogens with one attached hydrogen (secondary N) is 3. The SMILES string of the molecule is CCCCOc1nc(N)c2[nH]c(=O)n(Cc3cn(CCOCCOCCOCCNP4(=O)NC(=O)c5nc(F)cnc5O4)nn3)c2n1. The van der Waals surface area contributed by atoms with E-state index in [9.17, 15) is 18.5 Å². The topological polar surface area (TPSA) is 250 Å². The lowest BCUT2D eigenvalue weighted by molar-refractivity contribution is 0.0137. The van der Waals surface area contributed by atoms with Gasteiger partial charge in [-0.1, -0.05) is 18.6 Å². The predicted octanol–water partition coefficient (Wildman–Crippen LogP) is 0.0195. The Morgan fingerprint density at radius 3 is 2.62 bits per heavy atom. The van der Waals surface area contributed by atoms with E-state index in [0.717, 1.165) is 19.0 Å². The number of halogens is 1. The van der Waals surface area contributed by atoms with Crippen molar-refractivity contribution in [1.29, 1.82) is 0 Å². The number of imidazole rings is 1. The van der Waals surface area contributed by atoms with Crippen molar-refractivity contribution in [3.63, 3.8) is 0 Å². The van der Waals surface area contributed by atoms with Crippen LogP contribution in [0.1, 0.15) is 35.9 Å². The van der Waals surface area contributed by atoms with Gasteiger partial charge in [0.1, 0.15) is 11.2 Å². The van der Waals surface area contributed by atoms with Crippen molar-refractivity contribution in [2.75, 3.05) is 58.5 Å². The number of ether oxygens (including phenoxy) is 4. The summed E-state index contributed by atoms with van der Waals surface area (Å²) in [5, 5.41) is 12.9. The van der Waals surface area contributed by atoms with Gasteiger partial charge >= 0.3 is 19.4 Å². The van der Waals surface area contributed by atoms with Crippen molar-refractivity contribution in [2.45, 2.75) is 32.9 Å². The Morgan fingerprint density at radius 1 is 1.06 bits per heavy atom. The molecule has 0 spiro atoms. The fourth-order valence-electron chi connectivity index (χ4n) is 4.17. The minimum absolute atomic E-state index is 0.0885. The van der Waals surface area contributed by atoms with Gasteiger partial charge in [0.25, 0.3) is 11.8 Å². The number of anilines is 1. The van der Waals surface area contributed by atoms with Crippen LogP contribution in [0.3, 0.4) is 0 Å². The van der Waals surface area contributed by atoms with Crippen LogP contribution in [0.5, 0.6) is 11.9 Å². The molecule has 4 aromatic rings. The molecule has 4 aromatic heterocycles. The zero-order valence-electron chi connectivity index (χ0n) is 25.4. The minimum Gasteiger partial charge on any atom is -0.463 e. The molecule has 0 aliphatic carbocycles. The quantitative estimate of drug-likeness (QED) is 0.0752. The molecule has 5 rings (SSSR count). The summed E-state index contributed by atoms with van der Waals surface area (Å²) < 4.78 is 56.0. The fraction of sp³-hybridized carbons (Fsp3) is 0.520. The van der Waals surface area contributed by atoms with Gasteiger partial charge in [-0.25, -0.2) is 29.1 Å². The van der Waals surface area contributed by atoms with Crippen molar-refractivity contribution < 1.29 is 37.2 Å². The van der Waals surface area contributed by atoms with Crippen LogP contribution in [0.15, 0.2) is 17.2 Å². The van der Waals surface area contributed by atoms with E-state index >= 15 is 0 Å². The van der Waals surface area contributed by atoms with Gasteiger partial charge in [0.05, 0.1) is 71.7 Å². The third-order valence-electron chi connectivity index (χ3n) is 6.43. The first-order valence-electron chi connectivity index (χ1n) is 14.7. The van der Waals surface area contributed by atoms with Crippen LogP contribution >= 0.6 is 7.67 Å². The highest BCUT2D eigenvalue weighted by atomic mass is 31.2. The molecule has 1 atom stereocenters. The Balaban J connectivity index is 0.934. The number of nitrogens with zero attached hydrogens (tertiary/aromatic N) is 8. The number of aromatic nitrogens is 9. The van der Waals surface area contributed by atoms with E-state index in [4.69, 9.17) is 29.2 Å². The lowest BCUT2D eigenvalue weighted by Crippen LogP contribution is -2.37. The number of carbonyl (C=O) groups excluding carboxylic acids is 1. The molecule has 5 heterocycles. The Hall–Kier alpha value is -4.56. The number of hydrogen-bond acceptors (Lipinski definition) is 15. The van der Waals surface area contributed by atoms with Crippen molar-refractivity contribution in [3.8, 4) is 11.9 Å². The largest absolute Gasteiger partial charge is 0.463 e. The number of H-pyrrole nitrogens is 1. The Labute approximate surface area is 266 Å². The second-order valence-electron chi connectivity index (χ2n) is 9.96. The summed E-state index contributed by atoms with van der Waals surface area (Å²) in [5.74, 6) is -2.02. The van der Waals surface area contributed by atoms with Crippen molar-refractivity contribution in [1.82, 2.24) is 54.7 Å². The molecule has 0 radical (unpaired) electrons. The Morgan fingerprint density at radius 2 is 1.83 bits per heavy atom. The van der Waals surface area contributed by atoms with Gasteiger partial charge in [0.2, 0.25) is 5.95 Å². The third-order valence-corrected chi connectivity index (χ3v) is 8.00. The van der Waals surface area contributed by atoms with Gasteiger partial charge in [0, 0.05) is 6.54 Å². The number of rotatable bonds is 19. The minimum atomic E-state index is -3.79. The molecular formula is C25H34FN12O8P. The molecule has 0 bridgehead atoms. The Bertz CT molecular complexity index is 1780. The average molecular weight is 681 g/mol.